The van der Waals surface area contributed by atoms with Gasteiger partial charge in [-0.3, -0.25) is 0 Å². The molecule has 2 N–H and O–H groups in total. The standard InChI is InChI=1S/C15H24N2O/c1-3-4-11-16-15(18)17-12-10-13(2)14-8-6-5-7-9-14/h5-9,13H,3-4,10-12H2,1-2H3,(H2,16,17,18). The molecule has 1 aromatic carbocycles. The molecule has 0 aliphatic heterocycles. The van der Waals surface area contributed by atoms with Crippen molar-refractivity contribution >= 4 is 6.03 Å². The second kappa shape index (κ2) is 8.56. The minimum atomic E-state index is -0.0521. The zero-order valence-electron chi connectivity index (χ0n) is 11.4. The first-order valence-electron chi connectivity index (χ1n) is 6.80. The Hall–Kier alpha value is -1.51. The van der Waals surface area contributed by atoms with Crippen molar-refractivity contribution < 1.29 is 4.79 Å². The highest BCUT2D eigenvalue weighted by Gasteiger charge is 2.05. The zero-order valence-corrected chi connectivity index (χ0v) is 11.4. The molecule has 1 atom stereocenters. The van der Waals surface area contributed by atoms with E-state index >= 15 is 0 Å². The number of hydrogen-bond donors (Lipinski definition) is 2. The summed E-state index contributed by atoms with van der Waals surface area (Å²) in [4.78, 5) is 11.4. The summed E-state index contributed by atoms with van der Waals surface area (Å²) in [6.07, 6.45) is 3.10. The number of hydrogen-bond acceptors (Lipinski definition) is 1. The van der Waals surface area contributed by atoms with Gasteiger partial charge in [-0.1, -0.05) is 50.6 Å². The van der Waals surface area contributed by atoms with E-state index in [4.69, 9.17) is 0 Å². The molecule has 100 valence electrons. The third-order valence-electron chi connectivity index (χ3n) is 3.05. The molecule has 1 aromatic rings. The Bertz CT molecular complexity index is 338. The van der Waals surface area contributed by atoms with Gasteiger partial charge in [-0.2, -0.15) is 0 Å². The number of rotatable bonds is 7. The van der Waals surface area contributed by atoms with Crippen molar-refractivity contribution in [3.05, 3.63) is 35.9 Å². The second-order valence-electron chi connectivity index (χ2n) is 4.64. The fourth-order valence-corrected chi connectivity index (χ4v) is 1.79. The molecule has 1 rings (SSSR count). The molecule has 2 amide bonds. The van der Waals surface area contributed by atoms with Gasteiger partial charge in [-0.15, -0.1) is 0 Å². The van der Waals surface area contributed by atoms with Crippen LogP contribution in [0, 0.1) is 0 Å². The lowest BCUT2D eigenvalue weighted by Crippen LogP contribution is -2.36. The van der Waals surface area contributed by atoms with E-state index in [0.29, 0.717) is 12.5 Å². The molecule has 3 heteroatoms. The molecule has 0 aromatic heterocycles. The number of carbonyl (C=O) groups is 1. The van der Waals surface area contributed by atoms with Crippen molar-refractivity contribution in [3.63, 3.8) is 0 Å². The lowest BCUT2D eigenvalue weighted by Gasteiger charge is -2.12. The number of urea groups is 1. The van der Waals surface area contributed by atoms with Crippen LogP contribution in [0.15, 0.2) is 30.3 Å². The average Bonchev–Trinajstić information content (AvgIpc) is 2.40. The summed E-state index contributed by atoms with van der Waals surface area (Å²) in [5, 5.41) is 5.74. The molecular weight excluding hydrogens is 224 g/mol. The quantitative estimate of drug-likeness (QED) is 0.714. The van der Waals surface area contributed by atoms with E-state index < -0.39 is 0 Å². The SMILES string of the molecule is CCCCNC(=O)NCCC(C)c1ccccc1. The van der Waals surface area contributed by atoms with Crippen LogP contribution in [0.1, 0.15) is 44.6 Å². The summed E-state index contributed by atoms with van der Waals surface area (Å²) in [6, 6.07) is 10.3. The highest BCUT2D eigenvalue weighted by atomic mass is 16.2. The van der Waals surface area contributed by atoms with Crippen LogP contribution in [-0.4, -0.2) is 19.1 Å². The Morgan fingerprint density at radius 1 is 1.17 bits per heavy atom. The molecule has 0 heterocycles. The highest BCUT2D eigenvalue weighted by molar-refractivity contribution is 5.73. The molecule has 0 saturated heterocycles. The molecule has 0 spiro atoms. The molecule has 0 radical (unpaired) electrons. The minimum Gasteiger partial charge on any atom is -0.338 e. The predicted octanol–water partition coefficient (Wildman–Crippen LogP) is 3.28. The van der Waals surface area contributed by atoms with Crippen molar-refractivity contribution in [1.29, 1.82) is 0 Å². The molecule has 0 saturated carbocycles. The topological polar surface area (TPSA) is 41.1 Å². The number of nitrogens with one attached hydrogen (secondary N) is 2. The van der Waals surface area contributed by atoms with E-state index in [1.807, 2.05) is 6.07 Å². The Kier molecular flexibility index (Phi) is 6.92. The fourth-order valence-electron chi connectivity index (χ4n) is 1.79. The molecule has 1 unspecified atom stereocenters. The third kappa shape index (κ3) is 5.71. The summed E-state index contributed by atoms with van der Waals surface area (Å²) in [6.45, 7) is 5.78. The van der Waals surface area contributed by atoms with Gasteiger partial charge in [0.15, 0.2) is 0 Å². The number of carbonyl (C=O) groups excluding carboxylic acids is 1. The summed E-state index contributed by atoms with van der Waals surface area (Å²) in [5.41, 5.74) is 1.32. The molecule has 0 aliphatic carbocycles. The monoisotopic (exact) mass is 248 g/mol. The first-order chi connectivity index (χ1) is 8.74. The van der Waals surface area contributed by atoms with E-state index in [1.54, 1.807) is 0 Å². The summed E-state index contributed by atoms with van der Waals surface area (Å²) in [7, 11) is 0. The normalized spacial score (nSPS) is 11.9. The van der Waals surface area contributed by atoms with Crippen molar-refractivity contribution in [2.45, 2.75) is 39.0 Å². The molecule has 0 bridgehead atoms. The molecular formula is C15H24N2O. The van der Waals surface area contributed by atoms with E-state index in [1.165, 1.54) is 5.56 Å². The van der Waals surface area contributed by atoms with E-state index in [2.05, 4.69) is 48.7 Å². The van der Waals surface area contributed by atoms with Gasteiger partial charge in [-0.25, -0.2) is 4.79 Å². The Labute approximate surface area is 110 Å². The molecule has 0 fully saturated rings. The van der Waals surface area contributed by atoms with Gasteiger partial charge in [0, 0.05) is 13.1 Å². The van der Waals surface area contributed by atoms with Gasteiger partial charge in [0.05, 0.1) is 0 Å². The van der Waals surface area contributed by atoms with Crippen molar-refractivity contribution in [2.24, 2.45) is 0 Å². The first-order valence-corrected chi connectivity index (χ1v) is 6.80. The minimum absolute atomic E-state index is 0.0521. The van der Waals surface area contributed by atoms with E-state index in [9.17, 15) is 4.79 Å². The lowest BCUT2D eigenvalue weighted by molar-refractivity contribution is 0.240. The number of amides is 2. The van der Waals surface area contributed by atoms with Gasteiger partial charge >= 0.3 is 6.03 Å². The summed E-state index contributed by atoms with van der Waals surface area (Å²) < 4.78 is 0. The predicted molar refractivity (Wildman–Crippen MR) is 75.8 cm³/mol. The zero-order chi connectivity index (χ0) is 13.2. The number of unbranched alkanes of at least 4 members (excludes halogenated alkanes) is 1. The van der Waals surface area contributed by atoms with Crippen molar-refractivity contribution in [2.75, 3.05) is 13.1 Å². The molecule has 3 nitrogen and oxygen atoms in total. The maximum Gasteiger partial charge on any atom is 0.314 e. The Balaban J connectivity index is 2.16. The van der Waals surface area contributed by atoms with Crippen LogP contribution in [0.4, 0.5) is 4.79 Å². The maximum atomic E-state index is 11.4. The Morgan fingerprint density at radius 2 is 1.83 bits per heavy atom. The van der Waals surface area contributed by atoms with Gasteiger partial charge in [-0.05, 0) is 24.3 Å². The van der Waals surface area contributed by atoms with Crippen molar-refractivity contribution in [1.82, 2.24) is 10.6 Å². The van der Waals surface area contributed by atoms with Crippen LogP contribution in [0.3, 0.4) is 0 Å². The smallest absolute Gasteiger partial charge is 0.314 e. The van der Waals surface area contributed by atoms with Gasteiger partial charge in [0.2, 0.25) is 0 Å². The molecule has 18 heavy (non-hydrogen) atoms. The number of benzene rings is 1. The fraction of sp³-hybridized carbons (Fsp3) is 0.533. The van der Waals surface area contributed by atoms with E-state index in [0.717, 1.165) is 25.8 Å². The van der Waals surface area contributed by atoms with Gasteiger partial charge in [0.1, 0.15) is 0 Å². The maximum absolute atomic E-state index is 11.4. The average molecular weight is 248 g/mol. The van der Waals surface area contributed by atoms with Crippen LogP contribution in [0.2, 0.25) is 0 Å². The van der Waals surface area contributed by atoms with Crippen LogP contribution in [0.5, 0.6) is 0 Å². The van der Waals surface area contributed by atoms with Gasteiger partial charge < -0.3 is 10.6 Å². The highest BCUT2D eigenvalue weighted by Crippen LogP contribution is 2.17. The lowest BCUT2D eigenvalue weighted by atomic mass is 9.98. The van der Waals surface area contributed by atoms with Crippen LogP contribution < -0.4 is 10.6 Å². The molecule has 0 aliphatic rings. The summed E-state index contributed by atoms with van der Waals surface area (Å²) in [5.74, 6) is 0.474. The Morgan fingerprint density at radius 3 is 2.50 bits per heavy atom. The second-order valence-corrected chi connectivity index (χ2v) is 4.64. The van der Waals surface area contributed by atoms with Gasteiger partial charge in [0.25, 0.3) is 0 Å². The third-order valence-corrected chi connectivity index (χ3v) is 3.05. The van der Waals surface area contributed by atoms with Crippen LogP contribution in [-0.2, 0) is 0 Å². The summed E-state index contributed by atoms with van der Waals surface area (Å²) >= 11 is 0. The largest absolute Gasteiger partial charge is 0.338 e. The van der Waals surface area contributed by atoms with Crippen LogP contribution >= 0.6 is 0 Å². The van der Waals surface area contributed by atoms with Crippen molar-refractivity contribution in [3.8, 4) is 0 Å². The van der Waals surface area contributed by atoms with Crippen LogP contribution in [0.25, 0.3) is 0 Å². The van der Waals surface area contributed by atoms with E-state index in [-0.39, 0.29) is 6.03 Å². The first kappa shape index (κ1) is 14.6.